The molecule has 18 heavy (non-hydrogen) atoms. The molecular formula is C13H11F2NO2. The molecule has 1 N–H and O–H groups in total. The zero-order valence-corrected chi connectivity index (χ0v) is 9.49. The number of carbonyl (C=O) groups excluding carboxylic acids is 1. The van der Waals surface area contributed by atoms with Crippen LogP contribution in [0.4, 0.5) is 8.78 Å². The Morgan fingerprint density at radius 2 is 1.94 bits per heavy atom. The molecule has 0 radical (unpaired) electrons. The molecule has 0 bridgehead atoms. The van der Waals surface area contributed by atoms with E-state index in [1.807, 2.05) is 0 Å². The van der Waals surface area contributed by atoms with Gasteiger partial charge in [0.25, 0.3) is 0 Å². The number of benzene rings is 1. The van der Waals surface area contributed by atoms with Crippen LogP contribution in [-0.2, 0) is 11.3 Å². The van der Waals surface area contributed by atoms with Crippen LogP contribution in [0.1, 0.15) is 18.4 Å². The number of hydrogen-bond acceptors (Lipinski definition) is 3. The molecule has 0 saturated heterocycles. The quantitative estimate of drug-likeness (QED) is 0.840. The number of aliphatic hydroxyl groups is 1. The number of Topliss-reactive ketones (excluding diaryl/α,β-unsaturated/α-hetero) is 1. The maximum absolute atomic E-state index is 13.3. The van der Waals surface area contributed by atoms with Crippen LogP contribution in [0.5, 0.6) is 0 Å². The second-order valence-electron chi connectivity index (χ2n) is 3.95. The van der Waals surface area contributed by atoms with Gasteiger partial charge in [-0.15, -0.1) is 0 Å². The summed E-state index contributed by atoms with van der Waals surface area (Å²) in [7, 11) is 0. The fourth-order valence-corrected chi connectivity index (χ4v) is 1.72. The van der Waals surface area contributed by atoms with E-state index in [1.54, 1.807) is 0 Å². The fourth-order valence-electron chi connectivity index (χ4n) is 1.72. The van der Waals surface area contributed by atoms with E-state index in [9.17, 15) is 18.7 Å². The first-order chi connectivity index (χ1) is 8.59. The third-order valence-electron chi connectivity index (χ3n) is 2.73. The second-order valence-corrected chi connectivity index (χ2v) is 3.95. The van der Waals surface area contributed by atoms with Crippen molar-refractivity contribution >= 4 is 12.0 Å². The summed E-state index contributed by atoms with van der Waals surface area (Å²) in [5, 5.41) is 9.39. The molecule has 0 atom stereocenters. The number of aliphatic imine (C=N–C) groups is 1. The topological polar surface area (TPSA) is 49.7 Å². The number of aliphatic hydroxyl groups excluding tert-OH is 1. The Kier molecular flexibility index (Phi) is 3.50. The third kappa shape index (κ3) is 2.45. The summed E-state index contributed by atoms with van der Waals surface area (Å²) >= 11 is 0. The predicted molar refractivity (Wildman–Crippen MR) is 62.4 cm³/mol. The standard InChI is InChI=1S/C13H11F2NO2/c14-10-2-1-3-11(15)8(10)6-16-7-9-12(17)4-5-13(9)18/h1-3,7,17H,4-6H2. The lowest BCUT2D eigenvalue weighted by Crippen LogP contribution is -1.99. The second kappa shape index (κ2) is 5.08. The van der Waals surface area contributed by atoms with Crippen LogP contribution in [0.25, 0.3) is 0 Å². The molecule has 0 amide bonds. The van der Waals surface area contributed by atoms with Crippen molar-refractivity contribution < 1.29 is 18.7 Å². The van der Waals surface area contributed by atoms with Gasteiger partial charge in [-0.1, -0.05) is 6.07 Å². The Morgan fingerprint density at radius 1 is 1.28 bits per heavy atom. The Labute approximate surface area is 102 Å². The van der Waals surface area contributed by atoms with E-state index in [1.165, 1.54) is 12.3 Å². The first-order valence-electron chi connectivity index (χ1n) is 5.47. The predicted octanol–water partition coefficient (Wildman–Crippen LogP) is 2.71. The number of rotatable bonds is 3. The molecule has 0 aliphatic heterocycles. The van der Waals surface area contributed by atoms with Crippen molar-refractivity contribution in [3.8, 4) is 0 Å². The normalized spacial score (nSPS) is 16.0. The van der Waals surface area contributed by atoms with Crippen molar-refractivity contribution in [1.29, 1.82) is 0 Å². The summed E-state index contributed by atoms with van der Waals surface area (Å²) in [5.74, 6) is -1.57. The SMILES string of the molecule is O=C1CCC(O)=C1C=NCc1c(F)cccc1F. The van der Waals surface area contributed by atoms with Crippen molar-refractivity contribution in [3.05, 3.63) is 46.7 Å². The van der Waals surface area contributed by atoms with E-state index < -0.39 is 11.6 Å². The fraction of sp³-hybridized carbons (Fsp3) is 0.231. The average Bonchev–Trinajstić information content (AvgIpc) is 2.64. The minimum atomic E-state index is -0.678. The van der Waals surface area contributed by atoms with E-state index in [2.05, 4.69) is 4.99 Å². The Balaban J connectivity index is 2.13. The molecule has 0 saturated carbocycles. The third-order valence-corrected chi connectivity index (χ3v) is 2.73. The van der Waals surface area contributed by atoms with E-state index in [-0.39, 0.29) is 35.6 Å². The molecule has 0 aromatic heterocycles. The lowest BCUT2D eigenvalue weighted by molar-refractivity contribution is -0.114. The van der Waals surface area contributed by atoms with Gasteiger partial charge in [-0.2, -0.15) is 0 Å². The summed E-state index contributed by atoms with van der Waals surface area (Å²) in [5.41, 5.74) is -0.0222. The minimum absolute atomic E-state index is 0.0160. The van der Waals surface area contributed by atoms with Gasteiger partial charge in [-0.3, -0.25) is 9.79 Å². The van der Waals surface area contributed by atoms with Gasteiger partial charge < -0.3 is 5.11 Å². The molecule has 5 heteroatoms. The first kappa shape index (κ1) is 12.4. The van der Waals surface area contributed by atoms with E-state index >= 15 is 0 Å². The zero-order valence-electron chi connectivity index (χ0n) is 9.49. The van der Waals surface area contributed by atoms with Gasteiger partial charge in [0.15, 0.2) is 5.78 Å². The number of hydrogen-bond donors (Lipinski definition) is 1. The van der Waals surface area contributed by atoms with Crippen molar-refractivity contribution in [2.75, 3.05) is 0 Å². The summed E-state index contributed by atoms with van der Waals surface area (Å²) < 4.78 is 26.5. The average molecular weight is 251 g/mol. The molecule has 0 unspecified atom stereocenters. The van der Waals surface area contributed by atoms with Crippen LogP contribution in [0.15, 0.2) is 34.5 Å². The minimum Gasteiger partial charge on any atom is -0.511 e. The van der Waals surface area contributed by atoms with Gasteiger partial charge in [-0.25, -0.2) is 8.78 Å². The molecule has 0 fully saturated rings. The van der Waals surface area contributed by atoms with Crippen molar-refractivity contribution in [2.24, 2.45) is 4.99 Å². The lowest BCUT2D eigenvalue weighted by atomic mass is 10.2. The van der Waals surface area contributed by atoms with E-state index in [0.29, 0.717) is 6.42 Å². The highest BCUT2D eigenvalue weighted by atomic mass is 19.1. The molecule has 94 valence electrons. The summed E-state index contributed by atoms with van der Waals surface area (Å²) in [6.45, 7) is -0.206. The smallest absolute Gasteiger partial charge is 0.168 e. The highest BCUT2D eigenvalue weighted by molar-refractivity contribution is 6.15. The summed E-state index contributed by atoms with van der Waals surface area (Å²) in [4.78, 5) is 15.1. The van der Waals surface area contributed by atoms with Crippen LogP contribution in [0.2, 0.25) is 0 Å². The van der Waals surface area contributed by atoms with Gasteiger partial charge in [-0.05, 0) is 12.1 Å². The Hall–Kier alpha value is -2.04. The number of nitrogens with zero attached hydrogens (tertiary/aromatic N) is 1. The van der Waals surface area contributed by atoms with Crippen molar-refractivity contribution in [2.45, 2.75) is 19.4 Å². The lowest BCUT2D eigenvalue weighted by Gasteiger charge is -2.00. The van der Waals surface area contributed by atoms with Crippen LogP contribution in [0.3, 0.4) is 0 Å². The van der Waals surface area contributed by atoms with Crippen LogP contribution < -0.4 is 0 Å². The van der Waals surface area contributed by atoms with Crippen molar-refractivity contribution in [3.63, 3.8) is 0 Å². The zero-order chi connectivity index (χ0) is 13.1. The molecule has 1 aliphatic carbocycles. The van der Waals surface area contributed by atoms with Crippen LogP contribution in [0, 0.1) is 11.6 Å². The number of halogens is 2. The van der Waals surface area contributed by atoms with Crippen LogP contribution in [-0.4, -0.2) is 17.1 Å². The Bertz CT molecular complexity index is 530. The van der Waals surface area contributed by atoms with Gasteiger partial charge in [0, 0.05) is 24.6 Å². The van der Waals surface area contributed by atoms with E-state index in [4.69, 9.17) is 0 Å². The molecule has 1 aliphatic rings. The Morgan fingerprint density at radius 3 is 2.50 bits per heavy atom. The molecule has 0 heterocycles. The molecular weight excluding hydrogens is 240 g/mol. The maximum atomic E-state index is 13.3. The van der Waals surface area contributed by atoms with Crippen LogP contribution >= 0.6 is 0 Å². The molecule has 1 aromatic rings. The molecule has 0 spiro atoms. The molecule has 3 nitrogen and oxygen atoms in total. The van der Waals surface area contributed by atoms with Gasteiger partial charge in [0.2, 0.25) is 0 Å². The maximum Gasteiger partial charge on any atom is 0.168 e. The largest absolute Gasteiger partial charge is 0.511 e. The van der Waals surface area contributed by atoms with E-state index in [0.717, 1.165) is 12.1 Å². The van der Waals surface area contributed by atoms with Gasteiger partial charge in [0.1, 0.15) is 17.4 Å². The number of ketones is 1. The first-order valence-corrected chi connectivity index (χ1v) is 5.47. The number of carbonyl (C=O) groups is 1. The highest BCUT2D eigenvalue weighted by Crippen LogP contribution is 2.19. The van der Waals surface area contributed by atoms with Gasteiger partial charge in [0.05, 0.1) is 12.1 Å². The molecule has 1 aromatic carbocycles. The van der Waals surface area contributed by atoms with Gasteiger partial charge >= 0.3 is 0 Å². The number of allylic oxidation sites excluding steroid dienone is 2. The summed E-state index contributed by atoms with van der Waals surface area (Å²) in [6, 6.07) is 3.56. The highest BCUT2D eigenvalue weighted by Gasteiger charge is 2.20. The molecule has 2 rings (SSSR count). The van der Waals surface area contributed by atoms with Crippen molar-refractivity contribution in [1.82, 2.24) is 0 Å². The summed E-state index contributed by atoms with van der Waals surface area (Å²) in [6.07, 6.45) is 1.73. The monoisotopic (exact) mass is 251 g/mol.